The van der Waals surface area contributed by atoms with Crippen LogP contribution in [0.15, 0.2) is 48.5 Å². The van der Waals surface area contributed by atoms with Crippen LogP contribution in [0.2, 0.25) is 0 Å². The summed E-state index contributed by atoms with van der Waals surface area (Å²) in [5.74, 6) is -0.597. The van der Waals surface area contributed by atoms with Gasteiger partial charge in [-0.3, -0.25) is 0 Å². The molecule has 5 aromatic rings. The molecule has 0 unspecified atom stereocenters. The second-order valence-corrected chi connectivity index (χ2v) is 10.4. The Morgan fingerprint density at radius 3 is 1.26 bits per heavy atom. The second-order valence-electron chi connectivity index (χ2n) is 10.4. The fourth-order valence-corrected chi connectivity index (χ4v) is 5.06. The van der Waals surface area contributed by atoms with E-state index in [4.69, 9.17) is 9.47 Å². The molecule has 0 radical (unpaired) electrons. The molecule has 5 aromatic carbocycles. The van der Waals surface area contributed by atoms with Gasteiger partial charge in [0, 0.05) is 10.8 Å². The molecular weight excluding hydrogens is 476 g/mol. The van der Waals surface area contributed by atoms with Crippen molar-refractivity contribution in [3.05, 3.63) is 70.8 Å². The molecule has 0 aromatic heterocycles. The van der Waals surface area contributed by atoms with Crippen molar-refractivity contribution in [1.82, 2.24) is 0 Å². The summed E-state index contributed by atoms with van der Waals surface area (Å²) in [5, 5.41) is 25.8. The number of benzene rings is 5. The van der Waals surface area contributed by atoms with E-state index >= 15 is 0 Å². The zero-order chi connectivity index (χ0) is 27.1. The summed E-state index contributed by atoms with van der Waals surface area (Å²) in [6, 6.07) is 18.7. The van der Waals surface area contributed by atoms with Crippen LogP contribution < -0.4 is 0 Å². The van der Waals surface area contributed by atoms with Gasteiger partial charge in [-0.1, -0.05) is 52.0 Å². The Morgan fingerprint density at radius 1 is 0.605 bits per heavy atom. The molecule has 0 amide bonds. The first-order chi connectivity index (χ1) is 18.3. The lowest BCUT2D eigenvalue weighted by molar-refractivity contribution is 0.0453. The lowest BCUT2D eigenvalue weighted by Crippen LogP contribution is -2.12. The minimum Gasteiger partial charge on any atom is -0.462 e. The molecule has 0 atom stereocenters. The third-order valence-electron chi connectivity index (χ3n) is 6.68. The molecule has 0 fully saturated rings. The number of hydrogen-bond donors (Lipinski definition) is 0. The largest absolute Gasteiger partial charge is 0.462 e. The van der Waals surface area contributed by atoms with E-state index in [0.717, 1.165) is 32.3 Å². The summed E-state index contributed by atoms with van der Waals surface area (Å²) in [6.07, 6.45) is 0. The molecule has 6 nitrogen and oxygen atoms in total. The third-order valence-corrected chi connectivity index (χ3v) is 6.68. The quantitative estimate of drug-likeness (QED) is 0.139. The molecular formula is C32H26N2O4. The van der Waals surface area contributed by atoms with Gasteiger partial charge in [0.2, 0.25) is 0 Å². The van der Waals surface area contributed by atoms with Crippen molar-refractivity contribution in [2.75, 3.05) is 13.2 Å². The highest BCUT2D eigenvalue weighted by atomic mass is 16.5. The SMILES string of the molecule is CC(C)COC(=O)c1ccc2c3ccc(C#N)c4c(C(=O)OCC(C)C)ccc(c5ccc(C#N)c1c52)c43. The topological polar surface area (TPSA) is 100 Å². The number of esters is 2. The lowest BCUT2D eigenvalue weighted by atomic mass is 9.84. The van der Waals surface area contributed by atoms with Crippen LogP contribution in [0.5, 0.6) is 0 Å². The van der Waals surface area contributed by atoms with Crippen LogP contribution in [0.4, 0.5) is 0 Å². The fraction of sp³-hybridized carbons (Fsp3) is 0.250. The third kappa shape index (κ3) is 3.96. The molecule has 5 rings (SSSR count). The van der Waals surface area contributed by atoms with Gasteiger partial charge in [-0.05, 0) is 68.4 Å². The molecule has 38 heavy (non-hydrogen) atoms. The molecule has 0 saturated carbocycles. The fourth-order valence-electron chi connectivity index (χ4n) is 5.06. The van der Waals surface area contributed by atoms with Crippen molar-refractivity contribution < 1.29 is 19.1 Å². The molecule has 0 bridgehead atoms. The van der Waals surface area contributed by atoms with Crippen molar-refractivity contribution in [2.45, 2.75) is 27.7 Å². The van der Waals surface area contributed by atoms with Gasteiger partial charge in [-0.15, -0.1) is 0 Å². The summed E-state index contributed by atoms with van der Waals surface area (Å²) < 4.78 is 11.1. The van der Waals surface area contributed by atoms with E-state index in [2.05, 4.69) is 12.1 Å². The summed E-state index contributed by atoms with van der Waals surface area (Å²) >= 11 is 0. The number of nitriles is 2. The van der Waals surface area contributed by atoms with Crippen LogP contribution in [0.3, 0.4) is 0 Å². The van der Waals surface area contributed by atoms with Crippen molar-refractivity contribution in [2.24, 2.45) is 11.8 Å². The predicted octanol–water partition coefficient (Wildman–Crippen LogP) is 7.11. The Bertz CT molecular complexity index is 1680. The maximum atomic E-state index is 13.1. The van der Waals surface area contributed by atoms with E-state index in [1.165, 1.54) is 0 Å². The average molecular weight is 503 g/mol. The van der Waals surface area contributed by atoms with E-state index in [0.29, 0.717) is 33.0 Å². The molecule has 6 heteroatoms. The van der Waals surface area contributed by atoms with E-state index in [1.54, 1.807) is 24.3 Å². The molecule has 0 spiro atoms. The normalized spacial score (nSPS) is 11.5. The number of rotatable bonds is 6. The van der Waals surface area contributed by atoms with Gasteiger partial charge in [-0.2, -0.15) is 10.5 Å². The summed E-state index contributed by atoms with van der Waals surface area (Å²) in [6.45, 7) is 8.41. The zero-order valence-electron chi connectivity index (χ0n) is 21.7. The van der Waals surface area contributed by atoms with Gasteiger partial charge in [-0.25, -0.2) is 9.59 Å². The van der Waals surface area contributed by atoms with Crippen molar-refractivity contribution in [3.63, 3.8) is 0 Å². The van der Waals surface area contributed by atoms with Crippen molar-refractivity contribution >= 4 is 55.0 Å². The Labute approximate surface area is 220 Å². The molecule has 0 saturated heterocycles. The van der Waals surface area contributed by atoms with Gasteiger partial charge >= 0.3 is 11.9 Å². The van der Waals surface area contributed by atoms with Crippen molar-refractivity contribution in [3.8, 4) is 12.1 Å². The number of hydrogen-bond acceptors (Lipinski definition) is 6. The van der Waals surface area contributed by atoms with Gasteiger partial charge in [0.25, 0.3) is 0 Å². The van der Waals surface area contributed by atoms with E-state index < -0.39 is 11.9 Å². The first-order valence-electron chi connectivity index (χ1n) is 12.6. The smallest absolute Gasteiger partial charge is 0.338 e. The summed E-state index contributed by atoms with van der Waals surface area (Å²) in [7, 11) is 0. The van der Waals surface area contributed by atoms with Gasteiger partial charge in [0.05, 0.1) is 47.6 Å². The average Bonchev–Trinajstić information content (AvgIpc) is 2.92. The van der Waals surface area contributed by atoms with Crippen LogP contribution in [0.25, 0.3) is 43.1 Å². The Balaban J connectivity index is 1.88. The van der Waals surface area contributed by atoms with E-state index in [-0.39, 0.29) is 25.0 Å². The summed E-state index contributed by atoms with van der Waals surface area (Å²) in [5.41, 5.74) is 1.43. The Hall–Kier alpha value is -4.68. The van der Waals surface area contributed by atoms with Crippen LogP contribution in [-0.4, -0.2) is 25.2 Å². The predicted molar refractivity (Wildman–Crippen MR) is 147 cm³/mol. The minimum absolute atomic E-state index is 0.176. The highest BCUT2D eigenvalue weighted by Gasteiger charge is 2.24. The number of fused-ring (bicyclic) bond motifs is 2. The Kier molecular flexibility index (Phi) is 6.35. The maximum Gasteiger partial charge on any atom is 0.338 e. The van der Waals surface area contributed by atoms with Crippen LogP contribution in [0.1, 0.15) is 59.5 Å². The first-order valence-corrected chi connectivity index (χ1v) is 12.6. The highest BCUT2D eigenvalue weighted by molar-refractivity contribution is 6.36. The van der Waals surface area contributed by atoms with E-state index in [9.17, 15) is 20.1 Å². The molecule has 188 valence electrons. The minimum atomic E-state index is -0.474. The molecule has 0 aliphatic heterocycles. The van der Waals surface area contributed by atoms with Gasteiger partial charge in [0.1, 0.15) is 0 Å². The van der Waals surface area contributed by atoms with Crippen molar-refractivity contribution in [1.29, 1.82) is 10.5 Å². The monoisotopic (exact) mass is 502 g/mol. The highest BCUT2D eigenvalue weighted by Crippen LogP contribution is 2.44. The van der Waals surface area contributed by atoms with E-state index in [1.807, 2.05) is 52.0 Å². The first kappa shape index (κ1) is 25.0. The molecule has 0 aliphatic carbocycles. The van der Waals surface area contributed by atoms with Crippen LogP contribution in [-0.2, 0) is 9.47 Å². The Morgan fingerprint density at radius 2 is 0.947 bits per heavy atom. The number of carbonyl (C=O) groups is 2. The van der Waals surface area contributed by atoms with Gasteiger partial charge in [0.15, 0.2) is 0 Å². The number of nitrogens with zero attached hydrogens (tertiary/aromatic N) is 2. The number of carbonyl (C=O) groups excluding carboxylic acids is 2. The lowest BCUT2D eigenvalue weighted by Gasteiger charge is -2.19. The maximum absolute atomic E-state index is 13.1. The second kappa shape index (κ2) is 9.65. The van der Waals surface area contributed by atoms with Crippen LogP contribution >= 0.6 is 0 Å². The van der Waals surface area contributed by atoms with Gasteiger partial charge < -0.3 is 9.47 Å². The van der Waals surface area contributed by atoms with Crippen LogP contribution in [0, 0.1) is 34.5 Å². The molecule has 0 heterocycles. The zero-order valence-corrected chi connectivity index (χ0v) is 21.7. The molecule has 0 aliphatic rings. The summed E-state index contributed by atoms with van der Waals surface area (Å²) in [4.78, 5) is 26.2. The molecule has 0 N–H and O–H groups in total. The standard InChI is InChI=1S/C32H26N2O4/c1-17(2)15-37-31(35)25-11-9-23-22-8-6-20(14-34)28-26(32(36)38-16-18(3)4)12-10-24(30(22)28)21-7-5-19(13-33)27(25)29(21)23/h5-12,17-18H,15-16H2,1-4H3. The number of ether oxygens (including phenoxy) is 2.